The van der Waals surface area contributed by atoms with E-state index in [0.717, 1.165) is 11.1 Å². The van der Waals surface area contributed by atoms with Crippen LogP contribution in [0.3, 0.4) is 0 Å². The summed E-state index contributed by atoms with van der Waals surface area (Å²) in [5.41, 5.74) is 1.91. The molecular weight excluding hydrogens is 364 g/mol. The molecule has 0 saturated carbocycles. The molecule has 0 aliphatic heterocycles. The molecule has 0 atom stereocenters. The minimum Gasteiger partial charge on any atom is -0.282 e. The molecule has 2 aromatic carbocycles. The van der Waals surface area contributed by atoms with Gasteiger partial charge in [-0.05, 0) is 38.1 Å². The highest BCUT2D eigenvalue weighted by Crippen LogP contribution is 2.09. The molecule has 0 aromatic heterocycles. The fourth-order valence-electron chi connectivity index (χ4n) is 1.42. The van der Waals surface area contributed by atoms with Crippen LogP contribution in [0.25, 0.3) is 0 Å². The maximum atomic E-state index is 10.5. The molecule has 0 amide bonds. The lowest BCUT2D eigenvalue weighted by Gasteiger charge is -1.95. The lowest BCUT2D eigenvalue weighted by molar-refractivity contribution is 0.481. The van der Waals surface area contributed by atoms with Crippen LogP contribution in [0.4, 0.5) is 0 Å². The monoisotopic (exact) mass is 380 g/mol. The van der Waals surface area contributed by atoms with Crippen molar-refractivity contribution >= 4 is 32.6 Å². The van der Waals surface area contributed by atoms with Crippen LogP contribution < -0.4 is 0 Å². The van der Waals surface area contributed by atoms with Gasteiger partial charge < -0.3 is 0 Å². The molecule has 2 N–H and O–H groups in total. The van der Waals surface area contributed by atoms with Crippen LogP contribution in [0, 0.1) is 13.8 Å². The molecule has 2 rings (SSSR count). The van der Waals surface area contributed by atoms with E-state index in [1.807, 2.05) is 13.8 Å². The summed E-state index contributed by atoms with van der Waals surface area (Å²) in [5.74, 6) is 0. The Labute approximate surface area is 142 Å². The van der Waals surface area contributed by atoms with Crippen molar-refractivity contribution in [3.05, 3.63) is 59.7 Å². The van der Waals surface area contributed by atoms with E-state index in [1.54, 1.807) is 24.3 Å². The predicted molar refractivity (Wildman–Crippen MR) is 89.2 cm³/mol. The Bertz CT molecular complexity index is 752. The molecular formula is C14H17ClO6S2. The molecule has 2 aromatic rings. The van der Waals surface area contributed by atoms with Crippen molar-refractivity contribution in [2.75, 3.05) is 0 Å². The van der Waals surface area contributed by atoms with Crippen molar-refractivity contribution in [2.24, 2.45) is 0 Å². The van der Waals surface area contributed by atoms with Gasteiger partial charge in [-0.15, -0.1) is 12.4 Å². The summed E-state index contributed by atoms with van der Waals surface area (Å²) < 4.78 is 59.1. The number of halogens is 1. The molecule has 0 bridgehead atoms. The zero-order valence-electron chi connectivity index (χ0n) is 12.4. The normalized spacial score (nSPS) is 11.0. The number of benzene rings is 2. The molecule has 0 radical (unpaired) electrons. The van der Waals surface area contributed by atoms with Crippen LogP contribution in [-0.2, 0) is 20.2 Å². The van der Waals surface area contributed by atoms with Crippen molar-refractivity contribution in [1.82, 2.24) is 0 Å². The Balaban J connectivity index is 0.000000403. The van der Waals surface area contributed by atoms with E-state index in [0.29, 0.717) is 0 Å². The first-order valence-corrected chi connectivity index (χ1v) is 8.96. The van der Waals surface area contributed by atoms with Crippen molar-refractivity contribution in [3.63, 3.8) is 0 Å². The van der Waals surface area contributed by atoms with Crippen molar-refractivity contribution in [2.45, 2.75) is 23.6 Å². The van der Waals surface area contributed by atoms with E-state index in [2.05, 4.69) is 0 Å². The van der Waals surface area contributed by atoms with Crippen LogP contribution in [0.1, 0.15) is 11.1 Å². The topological polar surface area (TPSA) is 109 Å². The third-order valence-corrected chi connectivity index (χ3v) is 4.37. The first-order valence-electron chi connectivity index (χ1n) is 6.08. The van der Waals surface area contributed by atoms with E-state index in [1.165, 1.54) is 24.3 Å². The minimum absolute atomic E-state index is 0. The summed E-state index contributed by atoms with van der Waals surface area (Å²) in [6.07, 6.45) is 0. The largest absolute Gasteiger partial charge is 0.294 e. The van der Waals surface area contributed by atoms with Gasteiger partial charge in [0.1, 0.15) is 0 Å². The summed E-state index contributed by atoms with van der Waals surface area (Å²) >= 11 is 0. The SMILES string of the molecule is Cc1ccc(S(=O)(=O)O)cc1.Cc1ccc(S(=O)(=O)O)cc1.Cl. The van der Waals surface area contributed by atoms with Crippen LogP contribution in [0.15, 0.2) is 58.3 Å². The summed E-state index contributed by atoms with van der Waals surface area (Å²) in [6, 6.07) is 12.0. The van der Waals surface area contributed by atoms with Gasteiger partial charge in [-0.1, -0.05) is 35.4 Å². The standard InChI is InChI=1S/2C7H8O3S.ClH/c2*1-6-2-4-7(5-3-6)11(8,9)10;/h2*2-5H,1H3,(H,8,9,10);1H. The third-order valence-electron chi connectivity index (χ3n) is 2.64. The maximum absolute atomic E-state index is 10.5. The Kier molecular flexibility index (Phi) is 7.89. The first-order chi connectivity index (χ1) is 10.00. The second-order valence-electron chi connectivity index (χ2n) is 4.58. The second-order valence-corrected chi connectivity index (χ2v) is 7.42. The van der Waals surface area contributed by atoms with Gasteiger partial charge in [0.15, 0.2) is 0 Å². The summed E-state index contributed by atoms with van der Waals surface area (Å²) in [4.78, 5) is -0.133. The average Bonchev–Trinajstić information content (AvgIpc) is 2.38. The van der Waals surface area contributed by atoms with Gasteiger partial charge in [0, 0.05) is 0 Å². The van der Waals surface area contributed by atoms with Gasteiger partial charge >= 0.3 is 0 Å². The Hall–Kier alpha value is -1.45. The van der Waals surface area contributed by atoms with Gasteiger partial charge in [-0.25, -0.2) is 0 Å². The smallest absolute Gasteiger partial charge is 0.282 e. The molecule has 0 heterocycles. The molecule has 0 aliphatic rings. The summed E-state index contributed by atoms with van der Waals surface area (Å²) in [7, 11) is -8.04. The van der Waals surface area contributed by atoms with E-state index in [-0.39, 0.29) is 22.2 Å². The number of aryl methyl sites for hydroxylation is 2. The quantitative estimate of drug-likeness (QED) is 0.775. The van der Waals surface area contributed by atoms with Crippen LogP contribution in [0.2, 0.25) is 0 Å². The van der Waals surface area contributed by atoms with Crippen molar-refractivity contribution in [1.29, 1.82) is 0 Å². The van der Waals surface area contributed by atoms with Gasteiger partial charge in [-0.3, -0.25) is 9.11 Å². The van der Waals surface area contributed by atoms with E-state index in [4.69, 9.17) is 9.11 Å². The summed E-state index contributed by atoms with van der Waals surface area (Å²) in [5, 5.41) is 0. The van der Waals surface area contributed by atoms with Gasteiger partial charge in [-0.2, -0.15) is 16.8 Å². The van der Waals surface area contributed by atoms with Crippen molar-refractivity contribution < 1.29 is 25.9 Å². The molecule has 0 spiro atoms. The summed E-state index contributed by atoms with van der Waals surface area (Å²) in [6.45, 7) is 3.68. The maximum Gasteiger partial charge on any atom is 0.294 e. The van der Waals surface area contributed by atoms with E-state index >= 15 is 0 Å². The average molecular weight is 381 g/mol. The van der Waals surface area contributed by atoms with E-state index < -0.39 is 20.2 Å². The van der Waals surface area contributed by atoms with Crippen LogP contribution in [0.5, 0.6) is 0 Å². The fourth-order valence-corrected chi connectivity index (χ4v) is 2.38. The fraction of sp³-hybridized carbons (Fsp3) is 0.143. The zero-order valence-corrected chi connectivity index (χ0v) is 14.8. The Morgan fingerprint density at radius 2 is 0.826 bits per heavy atom. The highest BCUT2D eigenvalue weighted by atomic mass is 35.5. The lowest BCUT2D eigenvalue weighted by atomic mass is 10.2. The minimum atomic E-state index is -4.02. The highest BCUT2D eigenvalue weighted by Gasteiger charge is 2.07. The first kappa shape index (κ1) is 21.6. The number of hydrogen-bond donors (Lipinski definition) is 2. The van der Waals surface area contributed by atoms with Crippen LogP contribution in [-0.4, -0.2) is 25.9 Å². The van der Waals surface area contributed by atoms with Crippen molar-refractivity contribution in [3.8, 4) is 0 Å². The number of rotatable bonds is 2. The molecule has 0 unspecified atom stereocenters. The molecule has 0 fully saturated rings. The van der Waals surface area contributed by atoms with Gasteiger partial charge in [0.2, 0.25) is 0 Å². The molecule has 6 nitrogen and oxygen atoms in total. The third kappa shape index (κ3) is 7.58. The van der Waals surface area contributed by atoms with E-state index in [9.17, 15) is 16.8 Å². The Morgan fingerprint density at radius 1 is 0.609 bits per heavy atom. The predicted octanol–water partition coefficient (Wildman–Crippen LogP) is 2.91. The molecule has 9 heteroatoms. The molecule has 0 saturated heterocycles. The molecule has 0 aliphatic carbocycles. The zero-order chi connectivity index (χ0) is 17.0. The van der Waals surface area contributed by atoms with Crippen LogP contribution >= 0.6 is 12.4 Å². The molecule has 23 heavy (non-hydrogen) atoms. The highest BCUT2D eigenvalue weighted by molar-refractivity contribution is 7.86. The van der Waals surface area contributed by atoms with Gasteiger partial charge in [0.25, 0.3) is 20.2 Å². The van der Waals surface area contributed by atoms with Gasteiger partial charge in [0.05, 0.1) is 9.79 Å². The second kappa shape index (κ2) is 8.42. The Morgan fingerprint density at radius 3 is 1.00 bits per heavy atom. The number of hydrogen-bond acceptors (Lipinski definition) is 4. The molecule has 128 valence electrons. The lowest BCUT2D eigenvalue weighted by Crippen LogP contribution is -1.96.